The van der Waals surface area contributed by atoms with Crippen LogP contribution < -0.4 is 0 Å². The number of terminal acetylenes is 1. The summed E-state index contributed by atoms with van der Waals surface area (Å²) in [7, 11) is 4.45. The second-order valence-electron chi connectivity index (χ2n) is 3.73. The third kappa shape index (κ3) is 1.33. The Balaban J connectivity index is 2.42. The average Bonchev–Trinajstić information content (AvgIpc) is 1.56. The van der Waals surface area contributed by atoms with Crippen molar-refractivity contribution in [2.45, 2.75) is 25.3 Å². The standard InChI is InChI=1S/C9H16N/c1-4-8-10(2,3)9-6-5-7-9/h1,9H,5-8H2,2-3H3/q+1. The van der Waals surface area contributed by atoms with E-state index in [-0.39, 0.29) is 0 Å². The van der Waals surface area contributed by atoms with Crippen molar-refractivity contribution in [2.24, 2.45) is 0 Å². The molecule has 1 rings (SSSR count). The lowest BCUT2D eigenvalue weighted by molar-refractivity contribution is -0.914. The molecule has 10 heavy (non-hydrogen) atoms. The summed E-state index contributed by atoms with van der Waals surface area (Å²) in [5.41, 5.74) is 0. The average molecular weight is 138 g/mol. The predicted molar refractivity (Wildman–Crippen MR) is 43.4 cm³/mol. The molecular formula is C9H16N+. The van der Waals surface area contributed by atoms with Crippen molar-refractivity contribution in [3.63, 3.8) is 0 Å². The van der Waals surface area contributed by atoms with E-state index < -0.39 is 0 Å². The second kappa shape index (κ2) is 2.64. The van der Waals surface area contributed by atoms with E-state index in [1.165, 1.54) is 19.3 Å². The van der Waals surface area contributed by atoms with Crippen LogP contribution in [0.3, 0.4) is 0 Å². The molecule has 1 nitrogen and oxygen atoms in total. The van der Waals surface area contributed by atoms with Crippen molar-refractivity contribution in [3.05, 3.63) is 0 Å². The summed E-state index contributed by atoms with van der Waals surface area (Å²) >= 11 is 0. The van der Waals surface area contributed by atoms with Crippen LogP contribution >= 0.6 is 0 Å². The molecule has 1 heteroatoms. The van der Waals surface area contributed by atoms with Gasteiger partial charge in [0.25, 0.3) is 0 Å². The number of quaternary nitrogens is 1. The van der Waals surface area contributed by atoms with E-state index in [0.29, 0.717) is 0 Å². The fraction of sp³-hybridized carbons (Fsp3) is 0.778. The van der Waals surface area contributed by atoms with Crippen molar-refractivity contribution in [3.8, 4) is 12.3 Å². The van der Waals surface area contributed by atoms with E-state index in [4.69, 9.17) is 6.42 Å². The predicted octanol–water partition coefficient (Wildman–Crippen LogP) is 1.25. The number of rotatable bonds is 2. The van der Waals surface area contributed by atoms with Gasteiger partial charge in [0.2, 0.25) is 0 Å². The number of hydrogen-bond donors (Lipinski definition) is 0. The summed E-state index contributed by atoms with van der Waals surface area (Å²) < 4.78 is 1.02. The lowest BCUT2D eigenvalue weighted by atomic mass is 9.90. The zero-order chi connectivity index (χ0) is 7.61. The van der Waals surface area contributed by atoms with Crippen molar-refractivity contribution in [2.75, 3.05) is 20.6 Å². The number of nitrogens with zero attached hydrogens (tertiary/aromatic N) is 1. The monoisotopic (exact) mass is 138 g/mol. The summed E-state index contributed by atoms with van der Waals surface area (Å²) in [4.78, 5) is 0. The molecule has 0 saturated heterocycles. The van der Waals surface area contributed by atoms with E-state index >= 15 is 0 Å². The van der Waals surface area contributed by atoms with Crippen molar-refractivity contribution in [1.29, 1.82) is 0 Å². The third-order valence-corrected chi connectivity index (χ3v) is 2.56. The van der Waals surface area contributed by atoms with E-state index in [1.807, 2.05) is 0 Å². The molecule has 0 aromatic heterocycles. The van der Waals surface area contributed by atoms with Crippen molar-refractivity contribution < 1.29 is 4.48 Å². The molecule has 0 atom stereocenters. The van der Waals surface area contributed by atoms with Crippen LogP contribution in [0.15, 0.2) is 0 Å². The summed E-state index contributed by atoms with van der Waals surface area (Å²) in [6, 6.07) is 0.844. The minimum absolute atomic E-state index is 0.844. The number of hydrogen-bond acceptors (Lipinski definition) is 0. The van der Waals surface area contributed by atoms with Gasteiger partial charge in [-0.3, -0.25) is 0 Å². The quantitative estimate of drug-likeness (QED) is 0.398. The minimum Gasteiger partial charge on any atom is -0.316 e. The van der Waals surface area contributed by atoms with Crippen molar-refractivity contribution >= 4 is 0 Å². The van der Waals surface area contributed by atoms with Gasteiger partial charge in [0.05, 0.1) is 20.1 Å². The molecule has 0 aromatic rings. The molecule has 0 N–H and O–H groups in total. The van der Waals surface area contributed by atoms with Crippen LogP contribution in [0.5, 0.6) is 0 Å². The zero-order valence-electron chi connectivity index (χ0n) is 6.93. The maximum absolute atomic E-state index is 5.27. The van der Waals surface area contributed by atoms with Gasteiger partial charge in [0, 0.05) is 0 Å². The highest BCUT2D eigenvalue weighted by Gasteiger charge is 2.32. The molecule has 0 radical (unpaired) electrons. The Bertz CT molecular complexity index is 149. The first-order valence-corrected chi connectivity index (χ1v) is 3.93. The van der Waals surface area contributed by atoms with Gasteiger partial charge in [0.15, 0.2) is 0 Å². The van der Waals surface area contributed by atoms with Crippen LogP contribution in [0.25, 0.3) is 0 Å². The molecule has 0 bridgehead atoms. The first kappa shape index (κ1) is 7.63. The second-order valence-corrected chi connectivity index (χ2v) is 3.73. The lowest BCUT2D eigenvalue weighted by Crippen LogP contribution is -2.52. The largest absolute Gasteiger partial charge is 0.316 e. The van der Waals surface area contributed by atoms with Gasteiger partial charge in [-0.15, -0.1) is 6.42 Å². The highest BCUT2D eigenvalue weighted by Crippen LogP contribution is 2.27. The molecule has 1 aliphatic rings. The lowest BCUT2D eigenvalue weighted by Gasteiger charge is -2.41. The molecule has 1 fully saturated rings. The Labute approximate surface area is 63.6 Å². The molecule has 0 aliphatic heterocycles. The van der Waals surface area contributed by atoms with E-state index in [2.05, 4.69) is 20.0 Å². The van der Waals surface area contributed by atoms with E-state index in [9.17, 15) is 0 Å². The van der Waals surface area contributed by atoms with Gasteiger partial charge in [-0.1, -0.05) is 0 Å². The van der Waals surface area contributed by atoms with E-state index in [1.54, 1.807) is 0 Å². The molecule has 1 saturated carbocycles. The van der Waals surface area contributed by atoms with Crippen LogP contribution in [0.2, 0.25) is 0 Å². The topological polar surface area (TPSA) is 0 Å². The van der Waals surface area contributed by atoms with Crippen molar-refractivity contribution in [1.82, 2.24) is 0 Å². The zero-order valence-corrected chi connectivity index (χ0v) is 6.93. The van der Waals surface area contributed by atoms with Gasteiger partial charge in [-0.25, -0.2) is 0 Å². The molecule has 0 spiro atoms. The summed E-state index contributed by atoms with van der Waals surface area (Å²) in [6.45, 7) is 0.880. The Morgan fingerprint density at radius 2 is 2.10 bits per heavy atom. The summed E-state index contributed by atoms with van der Waals surface area (Å²) in [6.07, 6.45) is 9.40. The Kier molecular flexibility index (Phi) is 2.01. The van der Waals surface area contributed by atoms with Crippen LogP contribution in [-0.2, 0) is 0 Å². The summed E-state index contributed by atoms with van der Waals surface area (Å²) in [5.74, 6) is 2.73. The van der Waals surface area contributed by atoms with Crippen LogP contribution in [-0.4, -0.2) is 31.2 Å². The minimum atomic E-state index is 0.844. The van der Waals surface area contributed by atoms with Gasteiger partial charge < -0.3 is 4.48 Å². The Morgan fingerprint density at radius 1 is 1.50 bits per heavy atom. The summed E-state index contributed by atoms with van der Waals surface area (Å²) in [5, 5.41) is 0. The van der Waals surface area contributed by atoms with Gasteiger partial charge in [-0.2, -0.15) is 0 Å². The Morgan fingerprint density at radius 3 is 2.40 bits per heavy atom. The maximum Gasteiger partial charge on any atom is 0.140 e. The fourth-order valence-corrected chi connectivity index (χ4v) is 1.45. The molecule has 0 unspecified atom stereocenters. The third-order valence-electron chi connectivity index (χ3n) is 2.56. The SMILES string of the molecule is C#CC[N+](C)(C)C1CCC1. The van der Waals surface area contributed by atoms with Crippen LogP contribution in [0.4, 0.5) is 0 Å². The normalized spacial score (nSPS) is 19.7. The van der Waals surface area contributed by atoms with Gasteiger partial charge >= 0.3 is 0 Å². The fourth-order valence-electron chi connectivity index (χ4n) is 1.45. The smallest absolute Gasteiger partial charge is 0.140 e. The maximum atomic E-state index is 5.27. The molecule has 56 valence electrons. The highest BCUT2D eigenvalue weighted by atomic mass is 15.3. The first-order valence-electron chi connectivity index (χ1n) is 3.93. The molecule has 0 amide bonds. The molecular weight excluding hydrogens is 122 g/mol. The first-order chi connectivity index (χ1) is 4.67. The van der Waals surface area contributed by atoms with Crippen LogP contribution in [0.1, 0.15) is 19.3 Å². The Hall–Kier alpha value is -0.480. The van der Waals surface area contributed by atoms with Crippen LogP contribution in [0, 0.1) is 12.3 Å². The molecule has 1 aliphatic carbocycles. The van der Waals surface area contributed by atoms with Gasteiger partial charge in [-0.05, 0) is 25.2 Å². The van der Waals surface area contributed by atoms with E-state index in [0.717, 1.165) is 17.1 Å². The molecule has 0 aromatic carbocycles. The van der Waals surface area contributed by atoms with Gasteiger partial charge in [0.1, 0.15) is 6.54 Å². The highest BCUT2D eigenvalue weighted by molar-refractivity contribution is 4.85. The molecule has 0 heterocycles.